The number of carbonyl (C=O) groups excluding carboxylic acids is 1. The quantitative estimate of drug-likeness (QED) is 0.277. The van der Waals surface area contributed by atoms with Gasteiger partial charge in [-0.05, 0) is 67.6 Å². The molecule has 0 bridgehead atoms. The number of H-pyrrole nitrogens is 1. The van der Waals surface area contributed by atoms with Gasteiger partial charge in [-0.15, -0.1) is 0 Å². The summed E-state index contributed by atoms with van der Waals surface area (Å²) < 4.78 is 13.2. The van der Waals surface area contributed by atoms with Crippen LogP contribution in [0.25, 0.3) is 22.6 Å². The number of nitrogens with zero attached hydrogens (tertiary/aromatic N) is 5. The second-order valence-corrected chi connectivity index (χ2v) is 11.0. The third-order valence-corrected chi connectivity index (χ3v) is 8.34. The Kier molecular flexibility index (Phi) is 6.83. The molecule has 214 valence electrons. The van der Waals surface area contributed by atoms with Crippen LogP contribution in [0.1, 0.15) is 41.6 Å². The number of aromatic amines is 1. The molecule has 2 aliphatic heterocycles. The molecule has 10 heteroatoms. The van der Waals surface area contributed by atoms with E-state index < -0.39 is 0 Å². The molecule has 5 heterocycles. The fourth-order valence-corrected chi connectivity index (χ4v) is 5.96. The van der Waals surface area contributed by atoms with Gasteiger partial charge in [-0.3, -0.25) is 9.48 Å². The van der Waals surface area contributed by atoms with Crippen molar-refractivity contribution >= 4 is 28.6 Å². The number of hydrogen-bond donors (Lipinski definition) is 2. The smallest absolute Gasteiger partial charge is 0.258 e. The van der Waals surface area contributed by atoms with Gasteiger partial charge in [0.1, 0.15) is 17.3 Å². The second-order valence-electron chi connectivity index (χ2n) is 11.0. The van der Waals surface area contributed by atoms with E-state index in [1.165, 1.54) is 0 Å². The zero-order valence-corrected chi connectivity index (χ0v) is 23.5. The first kappa shape index (κ1) is 26.2. The molecule has 1 spiro atoms. The highest BCUT2D eigenvalue weighted by Crippen LogP contribution is 2.36. The Morgan fingerprint density at radius 3 is 2.62 bits per heavy atom. The van der Waals surface area contributed by atoms with E-state index in [1.54, 1.807) is 13.3 Å². The minimum absolute atomic E-state index is 0.0638. The van der Waals surface area contributed by atoms with Crippen LogP contribution in [0.5, 0.6) is 5.75 Å². The van der Waals surface area contributed by atoms with Gasteiger partial charge in [0.25, 0.3) is 5.91 Å². The summed E-state index contributed by atoms with van der Waals surface area (Å²) in [5, 5.41) is 7.69. The summed E-state index contributed by atoms with van der Waals surface area (Å²) in [5.74, 6) is 2.52. The minimum Gasteiger partial charge on any atom is -0.497 e. The molecular weight excluding hydrogens is 530 g/mol. The number of imidazole rings is 1. The fourth-order valence-electron chi connectivity index (χ4n) is 5.96. The Morgan fingerprint density at radius 2 is 1.90 bits per heavy atom. The summed E-state index contributed by atoms with van der Waals surface area (Å²) >= 11 is 0. The van der Waals surface area contributed by atoms with E-state index in [-0.39, 0.29) is 11.5 Å². The molecule has 2 fully saturated rings. The van der Waals surface area contributed by atoms with Gasteiger partial charge in [0.05, 0.1) is 35.9 Å². The lowest BCUT2D eigenvalue weighted by Gasteiger charge is -2.39. The van der Waals surface area contributed by atoms with Crippen LogP contribution in [0.3, 0.4) is 0 Å². The van der Waals surface area contributed by atoms with Crippen molar-refractivity contribution in [2.75, 3.05) is 37.0 Å². The molecule has 5 aromatic rings. The van der Waals surface area contributed by atoms with Crippen molar-refractivity contribution in [3.8, 4) is 17.3 Å². The monoisotopic (exact) mass is 563 g/mol. The molecule has 0 unspecified atom stereocenters. The Bertz CT molecular complexity index is 1660. The van der Waals surface area contributed by atoms with Crippen LogP contribution < -0.4 is 15.0 Å². The summed E-state index contributed by atoms with van der Waals surface area (Å²) in [6.45, 7) is 3.19. The van der Waals surface area contributed by atoms with E-state index in [0.717, 1.165) is 79.2 Å². The Hall–Kier alpha value is -4.70. The maximum absolute atomic E-state index is 13.2. The predicted octanol–water partition coefficient (Wildman–Crippen LogP) is 5.28. The molecule has 2 N–H and O–H groups in total. The number of anilines is 2. The van der Waals surface area contributed by atoms with Crippen LogP contribution in [0.4, 0.5) is 11.6 Å². The van der Waals surface area contributed by atoms with E-state index in [2.05, 4.69) is 20.2 Å². The second kappa shape index (κ2) is 10.9. The summed E-state index contributed by atoms with van der Waals surface area (Å²) in [6, 6.07) is 21.3. The first-order valence-electron chi connectivity index (χ1n) is 14.4. The van der Waals surface area contributed by atoms with Crippen molar-refractivity contribution in [1.29, 1.82) is 0 Å². The van der Waals surface area contributed by atoms with Crippen molar-refractivity contribution in [3.05, 3.63) is 84.1 Å². The van der Waals surface area contributed by atoms with Crippen molar-refractivity contribution in [2.45, 2.75) is 37.8 Å². The summed E-state index contributed by atoms with van der Waals surface area (Å²) in [6.07, 6.45) is 5.98. The highest BCUT2D eigenvalue weighted by atomic mass is 16.5. The maximum Gasteiger partial charge on any atom is 0.258 e. The zero-order chi connectivity index (χ0) is 28.5. The van der Waals surface area contributed by atoms with E-state index >= 15 is 0 Å². The number of benzene rings is 2. The number of ether oxygens (including phenoxy) is 2. The summed E-state index contributed by atoms with van der Waals surface area (Å²) in [4.78, 5) is 28.3. The number of carbonyl (C=O) groups is 1. The molecule has 42 heavy (non-hydrogen) atoms. The molecule has 2 saturated heterocycles. The molecule has 10 nitrogen and oxygen atoms in total. The van der Waals surface area contributed by atoms with E-state index in [9.17, 15) is 4.79 Å². The number of nitrogens with one attached hydrogen (secondary N) is 2. The third kappa shape index (κ3) is 5.21. The molecule has 2 aromatic carbocycles. The average molecular weight is 564 g/mol. The first-order chi connectivity index (χ1) is 20.6. The lowest BCUT2D eigenvalue weighted by Crippen LogP contribution is -2.44. The number of fused-ring (bicyclic) bond motifs is 1. The van der Waals surface area contributed by atoms with E-state index in [0.29, 0.717) is 23.8 Å². The standard InChI is InChI=1S/C32H33N7O3/c1-41-24-10-7-22(8-11-24)21-39-27(30-34-25-5-2-3-6-26(25)35-30)19-28(37-39)36-31(40)23-9-12-29(33-20-23)38-16-14-32(15-17-38)13-4-18-42-32/h2-3,5-12,19-20H,4,13-18,21H2,1H3,(H,34,35)(H,36,37,40). The SMILES string of the molecule is COc1ccc(Cn2nc(NC(=O)c3ccc(N4CCC5(CCCO5)CC4)nc3)cc2-c2nc3ccccc3[nH]2)cc1. The van der Waals surface area contributed by atoms with Gasteiger partial charge >= 0.3 is 0 Å². The average Bonchev–Trinajstić information content (AvgIpc) is 3.77. The van der Waals surface area contributed by atoms with Crippen LogP contribution >= 0.6 is 0 Å². The molecule has 2 aliphatic rings. The van der Waals surface area contributed by atoms with Crippen molar-refractivity contribution in [3.63, 3.8) is 0 Å². The Labute approximate surface area is 243 Å². The van der Waals surface area contributed by atoms with Crippen LogP contribution in [0.2, 0.25) is 0 Å². The summed E-state index contributed by atoms with van der Waals surface area (Å²) in [5.41, 5.74) is 4.13. The van der Waals surface area contributed by atoms with Crippen molar-refractivity contribution in [2.24, 2.45) is 0 Å². The molecular formula is C32H33N7O3. The Balaban J connectivity index is 1.09. The highest BCUT2D eigenvalue weighted by molar-refractivity contribution is 6.03. The number of pyridine rings is 1. The molecule has 0 saturated carbocycles. The Morgan fingerprint density at radius 1 is 1.07 bits per heavy atom. The van der Waals surface area contributed by atoms with Gasteiger partial charge in [0.15, 0.2) is 11.6 Å². The van der Waals surface area contributed by atoms with Gasteiger partial charge in [-0.25, -0.2) is 9.97 Å². The number of rotatable bonds is 7. The van der Waals surface area contributed by atoms with E-state index in [4.69, 9.17) is 19.6 Å². The van der Waals surface area contributed by atoms with Gasteiger partial charge in [-0.1, -0.05) is 24.3 Å². The van der Waals surface area contributed by atoms with Crippen molar-refractivity contribution < 1.29 is 14.3 Å². The lowest BCUT2D eigenvalue weighted by molar-refractivity contribution is -0.0147. The number of methoxy groups -OCH3 is 1. The lowest BCUT2D eigenvalue weighted by atomic mass is 9.89. The van der Waals surface area contributed by atoms with Gasteiger partial charge in [0.2, 0.25) is 0 Å². The normalized spacial score (nSPS) is 16.3. The van der Waals surface area contributed by atoms with Gasteiger partial charge in [0, 0.05) is 32.0 Å². The first-order valence-corrected chi connectivity index (χ1v) is 14.4. The minimum atomic E-state index is -0.267. The van der Waals surface area contributed by atoms with E-state index in [1.807, 2.05) is 71.4 Å². The zero-order valence-electron chi connectivity index (χ0n) is 23.5. The topological polar surface area (TPSA) is 110 Å². The maximum atomic E-state index is 13.2. The predicted molar refractivity (Wildman–Crippen MR) is 161 cm³/mol. The molecule has 0 aliphatic carbocycles. The van der Waals surface area contributed by atoms with Crippen LogP contribution in [-0.4, -0.2) is 63.0 Å². The van der Waals surface area contributed by atoms with Crippen molar-refractivity contribution in [1.82, 2.24) is 24.7 Å². The molecule has 3 aromatic heterocycles. The largest absolute Gasteiger partial charge is 0.497 e. The number of para-hydroxylation sites is 2. The molecule has 0 radical (unpaired) electrons. The summed E-state index contributed by atoms with van der Waals surface area (Å²) in [7, 11) is 1.65. The number of hydrogen-bond acceptors (Lipinski definition) is 7. The number of amides is 1. The third-order valence-electron chi connectivity index (χ3n) is 8.34. The van der Waals surface area contributed by atoms with Gasteiger partial charge in [-0.2, -0.15) is 5.10 Å². The van der Waals surface area contributed by atoms with Crippen LogP contribution in [0.15, 0.2) is 72.9 Å². The number of aromatic nitrogens is 5. The molecule has 7 rings (SSSR count). The van der Waals surface area contributed by atoms with Crippen LogP contribution in [-0.2, 0) is 11.3 Å². The van der Waals surface area contributed by atoms with Gasteiger partial charge < -0.3 is 24.7 Å². The molecule has 0 atom stereocenters. The van der Waals surface area contributed by atoms with Crippen LogP contribution in [0, 0.1) is 0 Å². The molecule has 1 amide bonds. The fraction of sp³-hybridized carbons (Fsp3) is 0.312. The number of piperidine rings is 1. The highest BCUT2D eigenvalue weighted by Gasteiger charge is 2.38.